The largest absolute Gasteiger partial charge is 0.497 e. The van der Waals surface area contributed by atoms with Crippen molar-refractivity contribution in [3.05, 3.63) is 59.7 Å². The van der Waals surface area contributed by atoms with E-state index in [2.05, 4.69) is 14.8 Å². The molecule has 1 aromatic heterocycles. The molecular weight excluding hydrogens is 424 g/mol. The fourth-order valence-corrected chi connectivity index (χ4v) is 4.81. The highest BCUT2D eigenvalue weighted by atomic mass is 32.2. The topological polar surface area (TPSA) is 69.5 Å². The van der Waals surface area contributed by atoms with Crippen molar-refractivity contribution in [2.24, 2.45) is 0 Å². The number of likely N-dealkylation sites (tertiary alicyclic amines) is 1. The molecule has 1 aliphatic heterocycles. The molecule has 1 aliphatic rings. The van der Waals surface area contributed by atoms with Crippen molar-refractivity contribution in [3.63, 3.8) is 0 Å². The molecule has 1 fully saturated rings. The number of carbonyl (C=O) groups is 1. The van der Waals surface area contributed by atoms with Crippen LogP contribution in [-0.4, -0.2) is 59.5 Å². The predicted octanol–water partition coefficient (Wildman–Crippen LogP) is 4.13. The minimum absolute atomic E-state index is 0.122. The van der Waals surface area contributed by atoms with Crippen LogP contribution in [0.2, 0.25) is 0 Å². The summed E-state index contributed by atoms with van der Waals surface area (Å²) in [6.07, 6.45) is 2.16. The van der Waals surface area contributed by atoms with Crippen molar-refractivity contribution in [3.8, 4) is 17.1 Å². The summed E-state index contributed by atoms with van der Waals surface area (Å²) >= 11 is 1.58. The average Bonchev–Trinajstić information content (AvgIpc) is 3.51. The van der Waals surface area contributed by atoms with E-state index in [-0.39, 0.29) is 5.91 Å². The van der Waals surface area contributed by atoms with E-state index in [9.17, 15) is 4.79 Å². The Morgan fingerprint density at radius 1 is 1.06 bits per heavy atom. The number of aromatic nitrogens is 3. The van der Waals surface area contributed by atoms with Crippen LogP contribution in [0.15, 0.2) is 53.7 Å². The first-order valence-corrected chi connectivity index (χ1v) is 11.8. The lowest BCUT2D eigenvalue weighted by Crippen LogP contribution is -2.28. The maximum Gasteiger partial charge on any atom is 0.254 e. The fourth-order valence-electron chi connectivity index (χ4n) is 3.84. The Bertz CT molecular complexity index is 1060. The van der Waals surface area contributed by atoms with E-state index < -0.39 is 0 Å². The summed E-state index contributed by atoms with van der Waals surface area (Å²) in [5.74, 6) is 2.30. The first-order chi connectivity index (χ1) is 15.7. The number of rotatable bonds is 9. The normalized spacial score (nSPS) is 13.5. The molecule has 4 rings (SSSR count). The summed E-state index contributed by atoms with van der Waals surface area (Å²) in [6, 6.07) is 15.6. The van der Waals surface area contributed by atoms with Gasteiger partial charge in [-0.15, -0.1) is 10.2 Å². The number of amides is 1. The van der Waals surface area contributed by atoms with E-state index in [0.717, 1.165) is 59.4 Å². The van der Waals surface area contributed by atoms with E-state index in [1.807, 2.05) is 53.4 Å². The second-order valence-electron chi connectivity index (χ2n) is 7.63. The minimum Gasteiger partial charge on any atom is -0.497 e. The van der Waals surface area contributed by atoms with Gasteiger partial charge in [-0.05, 0) is 36.6 Å². The van der Waals surface area contributed by atoms with E-state index in [1.54, 1.807) is 26.0 Å². The monoisotopic (exact) mass is 452 g/mol. The maximum absolute atomic E-state index is 13.0. The molecule has 0 unspecified atom stereocenters. The lowest BCUT2D eigenvalue weighted by Gasteiger charge is -2.17. The predicted molar refractivity (Wildman–Crippen MR) is 125 cm³/mol. The number of nitrogens with zero attached hydrogens (tertiary/aromatic N) is 4. The van der Waals surface area contributed by atoms with Crippen molar-refractivity contribution in [1.82, 2.24) is 19.7 Å². The minimum atomic E-state index is 0.122. The van der Waals surface area contributed by atoms with Gasteiger partial charge in [0.15, 0.2) is 11.0 Å². The Morgan fingerprint density at radius 3 is 2.66 bits per heavy atom. The van der Waals surface area contributed by atoms with Gasteiger partial charge in [0.2, 0.25) is 0 Å². The van der Waals surface area contributed by atoms with Gasteiger partial charge in [-0.1, -0.05) is 42.1 Å². The van der Waals surface area contributed by atoms with Gasteiger partial charge in [0.1, 0.15) is 5.75 Å². The van der Waals surface area contributed by atoms with Gasteiger partial charge < -0.3 is 14.4 Å². The molecule has 0 atom stereocenters. The van der Waals surface area contributed by atoms with Gasteiger partial charge >= 0.3 is 0 Å². The van der Waals surface area contributed by atoms with E-state index in [4.69, 9.17) is 9.47 Å². The zero-order valence-electron chi connectivity index (χ0n) is 18.5. The zero-order chi connectivity index (χ0) is 22.3. The van der Waals surface area contributed by atoms with Gasteiger partial charge in [-0.2, -0.15) is 0 Å². The molecular formula is C24H28N4O3S. The molecule has 0 saturated carbocycles. The number of ether oxygens (including phenoxy) is 2. The zero-order valence-corrected chi connectivity index (χ0v) is 19.3. The summed E-state index contributed by atoms with van der Waals surface area (Å²) in [7, 11) is 3.33. The third-order valence-electron chi connectivity index (χ3n) is 5.56. The molecule has 32 heavy (non-hydrogen) atoms. The Kier molecular flexibility index (Phi) is 7.44. The molecule has 7 nitrogen and oxygen atoms in total. The third-order valence-corrected chi connectivity index (χ3v) is 6.58. The van der Waals surface area contributed by atoms with Crippen LogP contribution in [0.1, 0.15) is 28.8 Å². The van der Waals surface area contributed by atoms with Gasteiger partial charge in [0.05, 0.1) is 20.3 Å². The quantitative estimate of drug-likeness (QED) is 0.455. The highest BCUT2D eigenvalue weighted by Crippen LogP contribution is 2.29. The van der Waals surface area contributed by atoms with E-state index in [1.165, 1.54) is 0 Å². The SMILES string of the molecule is COCCn1c(SCc2ccccc2C(=O)N2CCCC2)nnc1-c1cccc(OC)c1. The smallest absolute Gasteiger partial charge is 0.254 e. The lowest BCUT2D eigenvalue weighted by molar-refractivity contribution is 0.0792. The molecule has 0 spiro atoms. The molecule has 0 N–H and O–H groups in total. The van der Waals surface area contributed by atoms with Gasteiger partial charge in [0, 0.05) is 37.1 Å². The van der Waals surface area contributed by atoms with Crippen LogP contribution in [0.4, 0.5) is 0 Å². The van der Waals surface area contributed by atoms with E-state index >= 15 is 0 Å². The first-order valence-electron chi connectivity index (χ1n) is 10.8. The second kappa shape index (κ2) is 10.7. The Hall–Kier alpha value is -2.84. The number of thioether (sulfide) groups is 1. The average molecular weight is 453 g/mol. The van der Waals surface area contributed by atoms with E-state index in [0.29, 0.717) is 18.9 Å². The Labute approximate surface area is 192 Å². The number of benzene rings is 2. The van der Waals surface area contributed by atoms with Gasteiger partial charge in [0.25, 0.3) is 5.91 Å². The van der Waals surface area contributed by atoms with Crippen molar-refractivity contribution in [2.75, 3.05) is 33.9 Å². The maximum atomic E-state index is 13.0. The molecule has 8 heteroatoms. The second-order valence-corrected chi connectivity index (χ2v) is 8.57. The summed E-state index contributed by atoms with van der Waals surface area (Å²) in [4.78, 5) is 14.9. The summed E-state index contributed by atoms with van der Waals surface area (Å²) in [5.41, 5.74) is 2.72. The molecule has 2 heterocycles. The number of hydrogen-bond acceptors (Lipinski definition) is 6. The number of hydrogen-bond donors (Lipinski definition) is 0. The van der Waals surface area contributed by atoms with Crippen LogP contribution in [0.25, 0.3) is 11.4 Å². The van der Waals surface area contributed by atoms with Crippen molar-refractivity contribution >= 4 is 17.7 Å². The molecule has 3 aromatic rings. The highest BCUT2D eigenvalue weighted by Gasteiger charge is 2.22. The van der Waals surface area contributed by atoms with Crippen LogP contribution in [0, 0.1) is 0 Å². The molecule has 2 aromatic carbocycles. The van der Waals surface area contributed by atoms with Crippen LogP contribution in [0.3, 0.4) is 0 Å². The van der Waals surface area contributed by atoms with Crippen LogP contribution in [-0.2, 0) is 17.0 Å². The number of carbonyl (C=O) groups excluding carboxylic acids is 1. The first kappa shape index (κ1) is 22.4. The third kappa shape index (κ3) is 4.97. The molecule has 0 bridgehead atoms. The molecule has 168 valence electrons. The summed E-state index contributed by atoms with van der Waals surface area (Å²) in [5, 5.41) is 9.70. The lowest BCUT2D eigenvalue weighted by atomic mass is 10.1. The van der Waals surface area contributed by atoms with Crippen LogP contribution < -0.4 is 4.74 Å². The molecule has 1 saturated heterocycles. The fraction of sp³-hybridized carbons (Fsp3) is 0.375. The van der Waals surface area contributed by atoms with Crippen LogP contribution in [0.5, 0.6) is 5.75 Å². The van der Waals surface area contributed by atoms with Gasteiger partial charge in [-0.25, -0.2) is 0 Å². The molecule has 0 aliphatic carbocycles. The number of methoxy groups -OCH3 is 2. The summed E-state index contributed by atoms with van der Waals surface area (Å²) in [6.45, 7) is 2.87. The molecule has 0 radical (unpaired) electrons. The van der Waals surface area contributed by atoms with Crippen molar-refractivity contribution in [1.29, 1.82) is 0 Å². The van der Waals surface area contributed by atoms with Gasteiger partial charge in [-0.3, -0.25) is 9.36 Å². The Balaban J connectivity index is 1.57. The van der Waals surface area contributed by atoms with Crippen molar-refractivity contribution in [2.45, 2.75) is 30.3 Å². The van der Waals surface area contributed by atoms with Crippen LogP contribution >= 0.6 is 11.8 Å². The van der Waals surface area contributed by atoms with Crippen molar-refractivity contribution < 1.29 is 14.3 Å². The summed E-state index contributed by atoms with van der Waals surface area (Å²) < 4.78 is 12.7. The standard InChI is InChI=1S/C24H28N4O3S/c1-30-15-14-28-22(18-9-7-10-20(16-18)31-2)25-26-24(28)32-17-19-8-3-4-11-21(19)23(29)27-12-5-6-13-27/h3-4,7-11,16H,5-6,12-15,17H2,1-2H3. The highest BCUT2D eigenvalue weighted by molar-refractivity contribution is 7.98. The Morgan fingerprint density at radius 2 is 1.88 bits per heavy atom. The molecule has 1 amide bonds.